The van der Waals surface area contributed by atoms with Crippen LogP contribution in [0.25, 0.3) is 0 Å². The van der Waals surface area contributed by atoms with Crippen LogP contribution in [-0.4, -0.2) is 21.9 Å². The van der Waals surface area contributed by atoms with E-state index in [9.17, 15) is 4.79 Å². The quantitative estimate of drug-likeness (QED) is 0.830. The van der Waals surface area contributed by atoms with Gasteiger partial charge in [0.1, 0.15) is 0 Å². The molecule has 0 amide bonds. The zero-order valence-electron chi connectivity index (χ0n) is 13.2. The number of nitrogens with one attached hydrogen (secondary N) is 1. The lowest BCUT2D eigenvalue weighted by atomic mass is 10.1. The van der Waals surface area contributed by atoms with E-state index < -0.39 is 0 Å². The maximum Gasteiger partial charge on any atom is 0.178 e. The number of hydrogen-bond donors (Lipinski definition) is 1. The number of pyridine rings is 1. The van der Waals surface area contributed by atoms with Crippen LogP contribution >= 0.6 is 0 Å². The molecule has 0 radical (unpaired) electrons. The van der Waals surface area contributed by atoms with Crippen molar-refractivity contribution in [1.82, 2.24) is 14.9 Å². The van der Waals surface area contributed by atoms with Crippen molar-refractivity contribution in [3.05, 3.63) is 53.1 Å². The number of aromatic nitrogens is 2. The van der Waals surface area contributed by atoms with Crippen molar-refractivity contribution in [3.63, 3.8) is 0 Å². The molecule has 0 fully saturated rings. The van der Waals surface area contributed by atoms with Gasteiger partial charge in [0, 0.05) is 41.9 Å². The Bertz CT molecular complexity index is 614. The maximum atomic E-state index is 12.4. The number of rotatable bonds is 6. The molecule has 0 aliphatic carbocycles. The van der Waals surface area contributed by atoms with E-state index in [4.69, 9.17) is 0 Å². The Hall–Kier alpha value is -1.94. The first-order valence-electron chi connectivity index (χ1n) is 7.32. The minimum Gasteiger partial charge on any atom is -0.346 e. The van der Waals surface area contributed by atoms with Crippen molar-refractivity contribution in [2.24, 2.45) is 0 Å². The summed E-state index contributed by atoms with van der Waals surface area (Å²) in [7, 11) is 0. The van der Waals surface area contributed by atoms with Gasteiger partial charge in [0.15, 0.2) is 5.78 Å². The van der Waals surface area contributed by atoms with Gasteiger partial charge in [-0.05, 0) is 45.4 Å². The molecule has 2 rings (SSSR count). The molecular weight excluding hydrogens is 262 g/mol. The van der Waals surface area contributed by atoms with Crippen molar-refractivity contribution >= 4 is 5.78 Å². The van der Waals surface area contributed by atoms with Crippen molar-refractivity contribution in [2.75, 3.05) is 6.54 Å². The SMILES string of the molecule is Cc1cc(C(=O)CNCc2cccnc2)c(C)n1C(C)C. The Morgan fingerprint density at radius 3 is 2.71 bits per heavy atom. The van der Waals surface area contributed by atoms with Crippen molar-refractivity contribution < 1.29 is 4.79 Å². The van der Waals surface area contributed by atoms with Crippen LogP contribution in [0.15, 0.2) is 30.6 Å². The summed E-state index contributed by atoms with van der Waals surface area (Å²) in [4.78, 5) is 16.4. The average molecular weight is 285 g/mol. The van der Waals surface area contributed by atoms with Gasteiger partial charge in [-0.1, -0.05) is 6.07 Å². The molecule has 0 aromatic carbocycles. The zero-order valence-corrected chi connectivity index (χ0v) is 13.2. The van der Waals surface area contributed by atoms with Gasteiger partial charge in [0.2, 0.25) is 0 Å². The number of aryl methyl sites for hydroxylation is 1. The molecule has 0 aliphatic heterocycles. The van der Waals surface area contributed by atoms with Crippen LogP contribution in [0, 0.1) is 13.8 Å². The standard InChI is InChI=1S/C17H23N3O/c1-12(2)20-13(3)8-16(14(20)4)17(21)11-19-10-15-6-5-7-18-9-15/h5-9,12,19H,10-11H2,1-4H3. The molecule has 4 heteroatoms. The lowest BCUT2D eigenvalue weighted by Gasteiger charge is -2.13. The van der Waals surface area contributed by atoms with E-state index in [2.05, 4.69) is 28.7 Å². The summed E-state index contributed by atoms with van der Waals surface area (Å²) in [5.41, 5.74) is 4.09. The molecule has 2 aromatic heterocycles. The number of carbonyl (C=O) groups excluding carboxylic acids is 1. The van der Waals surface area contributed by atoms with Crippen LogP contribution in [0.5, 0.6) is 0 Å². The molecule has 0 bridgehead atoms. The largest absolute Gasteiger partial charge is 0.346 e. The summed E-state index contributed by atoms with van der Waals surface area (Å²) in [5, 5.41) is 3.19. The molecule has 2 aromatic rings. The van der Waals surface area contributed by atoms with Gasteiger partial charge in [-0.25, -0.2) is 0 Å². The Morgan fingerprint density at radius 1 is 1.38 bits per heavy atom. The lowest BCUT2D eigenvalue weighted by molar-refractivity contribution is 0.0990. The monoisotopic (exact) mass is 285 g/mol. The van der Waals surface area contributed by atoms with Gasteiger partial charge in [-0.15, -0.1) is 0 Å². The van der Waals surface area contributed by atoms with Crippen LogP contribution in [0.1, 0.15) is 47.2 Å². The minimum absolute atomic E-state index is 0.138. The predicted molar refractivity (Wildman–Crippen MR) is 84.6 cm³/mol. The zero-order chi connectivity index (χ0) is 15.4. The Kier molecular flexibility index (Phi) is 4.91. The molecule has 2 heterocycles. The fourth-order valence-electron chi connectivity index (χ4n) is 2.77. The second-order valence-electron chi connectivity index (χ2n) is 5.64. The van der Waals surface area contributed by atoms with Crippen LogP contribution in [0.3, 0.4) is 0 Å². The number of nitrogens with zero attached hydrogens (tertiary/aromatic N) is 2. The average Bonchev–Trinajstić information content (AvgIpc) is 2.75. The van der Waals surface area contributed by atoms with E-state index >= 15 is 0 Å². The van der Waals surface area contributed by atoms with E-state index in [1.807, 2.05) is 38.2 Å². The fraction of sp³-hybridized carbons (Fsp3) is 0.412. The second-order valence-corrected chi connectivity index (χ2v) is 5.64. The van der Waals surface area contributed by atoms with Crippen molar-refractivity contribution in [1.29, 1.82) is 0 Å². The molecule has 0 aliphatic rings. The normalized spacial score (nSPS) is 11.1. The van der Waals surface area contributed by atoms with Gasteiger partial charge in [0.05, 0.1) is 6.54 Å². The minimum atomic E-state index is 0.138. The van der Waals surface area contributed by atoms with E-state index in [-0.39, 0.29) is 5.78 Å². The van der Waals surface area contributed by atoms with Crippen LogP contribution in [-0.2, 0) is 6.54 Å². The third-order valence-corrected chi connectivity index (χ3v) is 3.64. The molecule has 0 unspecified atom stereocenters. The second kappa shape index (κ2) is 6.68. The van der Waals surface area contributed by atoms with Gasteiger partial charge in [-0.2, -0.15) is 0 Å². The summed E-state index contributed by atoms with van der Waals surface area (Å²) in [6.45, 7) is 9.33. The third kappa shape index (κ3) is 3.58. The molecule has 4 nitrogen and oxygen atoms in total. The highest BCUT2D eigenvalue weighted by molar-refractivity contribution is 5.99. The molecule has 0 spiro atoms. The molecule has 112 valence electrons. The van der Waals surface area contributed by atoms with Gasteiger partial charge in [-0.3, -0.25) is 9.78 Å². The van der Waals surface area contributed by atoms with Crippen molar-refractivity contribution in [3.8, 4) is 0 Å². The summed E-state index contributed by atoms with van der Waals surface area (Å²) >= 11 is 0. The maximum absolute atomic E-state index is 12.4. The first-order chi connectivity index (χ1) is 10.0. The van der Waals surface area contributed by atoms with Crippen LogP contribution in [0.4, 0.5) is 0 Å². The van der Waals surface area contributed by atoms with E-state index in [0.717, 1.165) is 22.5 Å². The Labute approximate surface area is 126 Å². The highest BCUT2D eigenvalue weighted by atomic mass is 16.1. The lowest BCUT2D eigenvalue weighted by Crippen LogP contribution is -2.23. The Morgan fingerprint density at radius 2 is 2.14 bits per heavy atom. The summed E-state index contributed by atoms with van der Waals surface area (Å²) in [5.74, 6) is 0.138. The van der Waals surface area contributed by atoms with E-state index in [0.29, 0.717) is 19.1 Å². The number of hydrogen-bond acceptors (Lipinski definition) is 3. The first-order valence-corrected chi connectivity index (χ1v) is 7.32. The smallest absolute Gasteiger partial charge is 0.178 e. The molecular formula is C17H23N3O. The topological polar surface area (TPSA) is 46.9 Å². The summed E-state index contributed by atoms with van der Waals surface area (Å²) in [6, 6.07) is 6.25. The predicted octanol–water partition coefficient (Wildman–Crippen LogP) is 3.05. The molecule has 1 N–H and O–H groups in total. The number of carbonyl (C=O) groups is 1. The number of Topliss-reactive ketones (excluding diaryl/α,β-unsaturated/α-hetero) is 1. The van der Waals surface area contributed by atoms with E-state index in [1.54, 1.807) is 6.20 Å². The summed E-state index contributed by atoms with van der Waals surface area (Å²) in [6.07, 6.45) is 3.55. The summed E-state index contributed by atoms with van der Waals surface area (Å²) < 4.78 is 2.20. The van der Waals surface area contributed by atoms with E-state index in [1.165, 1.54) is 0 Å². The first kappa shape index (κ1) is 15.4. The molecule has 0 saturated carbocycles. The number of ketones is 1. The third-order valence-electron chi connectivity index (χ3n) is 3.64. The highest BCUT2D eigenvalue weighted by Gasteiger charge is 2.16. The van der Waals surface area contributed by atoms with Gasteiger partial charge < -0.3 is 9.88 Å². The van der Waals surface area contributed by atoms with Crippen LogP contribution < -0.4 is 5.32 Å². The van der Waals surface area contributed by atoms with Gasteiger partial charge >= 0.3 is 0 Å². The fourth-order valence-corrected chi connectivity index (χ4v) is 2.77. The van der Waals surface area contributed by atoms with Gasteiger partial charge in [0.25, 0.3) is 0 Å². The Balaban J connectivity index is 1.99. The molecule has 0 saturated heterocycles. The molecule has 21 heavy (non-hydrogen) atoms. The molecule has 0 atom stereocenters. The van der Waals surface area contributed by atoms with Crippen molar-refractivity contribution in [2.45, 2.75) is 40.3 Å². The van der Waals surface area contributed by atoms with Crippen LogP contribution in [0.2, 0.25) is 0 Å². The highest BCUT2D eigenvalue weighted by Crippen LogP contribution is 2.20.